The molecule has 0 spiro atoms. The highest BCUT2D eigenvalue weighted by molar-refractivity contribution is 5.92. The number of nitrogens with zero attached hydrogens (tertiary/aromatic N) is 2. The highest BCUT2D eigenvalue weighted by Gasteiger charge is 2.28. The van der Waals surface area contributed by atoms with Crippen LogP contribution in [0.25, 0.3) is 0 Å². The maximum Gasteiger partial charge on any atom is 0.119 e. The first-order valence-corrected chi connectivity index (χ1v) is 5.95. The number of rotatable bonds is 1. The summed E-state index contributed by atoms with van der Waals surface area (Å²) in [5, 5.41) is 3.40. The fourth-order valence-electron chi connectivity index (χ4n) is 2.68. The third-order valence-corrected chi connectivity index (χ3v) is 3.54. The van der Waals surface area contributed by atoms with Crippen molar-refractivity contribution in [1.82, 2.24) is 5.32 Å². The van der Waals surface area contributed by atoms with Crippen molar-refractivity contribution in [2.75, 3.05) is 25.0 Å². The summed E-state index contributed by atoms with van der Waals surface area (Å²) in [7, 11) is 2.17. The summed E-state index contributed by atoms with van der Waals surface area (Å²) >= 11 is 0. The van der Waals surface area contributed by atoms with Crippen LogP contribution in [0.3, 0.4) is 0 Å². The second kappa shape index (κ2) is 3.81. The molecule has 0 aromatic heterocycles. The quantitative estimate of drug-likeness (QED) is 0.767. The molecule has 84 valence electrons. The van der Waals surface area contributed by atoms with Crippen molar-refractivity contribution in [3.05, 3.63) is 29.8 Å². The number of anilines is 1. The molecule has 3 heteroatoms. The Labute approximate surface area is 96.2 Å². The van der Waals surface area contributed by atoms with Gasteiger partial charge in [-0.3, -0.25) is 4.99 Å². The molecule has 0 radical (unpaired) electrons. The predicted molar refractivity (Wildman–Crippen MR) is 67.3 cm³/mol. The van der Waals surface area contributed by atoms with Crippen LogP contribution in [0.2, 0.25) is 0 Å². The first kappa shape index (κ1) is 9.70. The molecule has 1 aromatic rings. The molecule has 0 bridgehead atoms. The van der Waals surface area contributed by atoms with E-state index in [1.54, 1.807) is 0 Å². The van der Waals surface area contributed by atoms with Crippen LogP contribution < -0.4 is 10.2 Å². The topological polar surface area (TPSA) is 27.6 Å². The number of hydrogen-bond donors (Lipinski definition) is 1. The Kier molecular flexibility index (Phi) is 2.31. The van der Waals surface area contributed by atoms with Gasteiger partial charge in [-0.05, 0) is 24.5 Å². The summed E-state index contributed by atoms with van der Waals surface area (Å²) in [6.45, 7) is 1.93. The van der Waals surface area contributed by atoms with E-state index >= 15 is 0 Å². The molecule has 1 N–H and O–H groups in total. The van der Waals surface area contributed by atoms with E-state index in [-0.39, 0.29) is 0 Å². The summed E-state index contributed by atoms with van der Waals surface area (Å²) in [6, 6.07) is 9.11. The molecule has 1 atom stereocenters. The van der Waals surface area contributed by atoms with Gasteiger partial charge in [0.15, 0.2) is 0 Å². The number of para-hydroxylation sites is 1. The van der Waals surface area contributed by atoms with Crippen molar-refractivity contribution in [2.24, 2.45) is 4.99 Å². The van der Waals surface area contributed by atoms with Crippen LogP contribution in [0.15, 0.2) is 29.3 Å². The zero-order valence-electron chi connectivity index (χ0n) is 9.61. The predicted octanol–water partition coefficient (Wildman–Crippen LogP) is 1.44. The van der Waals surface area contributed by atoms with Gasteiger partial charge in [-0.25, -0.2) is 0 Å². The van der Waals surface area contributed by atoms with Gasteiger partial charge in [0.05, 0.1) is 12.6 Å². The number of nitrogens with one attached hydrogen (secondary N) is 1. The molecule has 2 aliphatic rings. The molecule has 0 fully saturated rings. The molecule has 2 aliphatic heterocycles. The van der Waals surface area contributed by atoms with Crippen LogP contribution >= 0.6 is 0 Å². The van der Waals surface area contributed by atoms with Gasteiger partial charge < -0.3 is 10.2 Å². The second-order valence-corrected chi connectivity index (χ2v) is 4.49. The number of aryl methyl sites for hydroxylation is 1. The Morgan fingerprint density at radius 1 is 1.38 bits per heavy atom. The van der Waals surface area contributed by atoms with Crippen LogP contribution in [0.1, 0.15) is 12.0 Å². The molecular formula is C13H17N3. The van der Waals surface area contributed by atoms with Crippen molar-refractivity contribution in [3.63, 3.8) is 0 Å². The minimum Gasteiger partial charge on any atom is -0.370 e. The fourth-order valence-corrected chi connectivity index (χ4v) is 2.68. The summed E-state index contributed by atoms with van der Waals surface area (Å²) in [5.41, 5.74) is 2.81. The summed E-state index contributed by atoms with van der Waals surface area (Å²) in [4.78, 5) is 6.90. The average Bonchev–Trinajstić information content (AvgIpc) is 2.83. The molecule has 0 aliphatic carbocycles. The molecule has 2 heterocycles. The molecule has 3 rings (SSSR count). The normalized spacial score (nSPS) is 23.7. The van der Waals surface area contributed by atoms with Crippen molar-refractivity contribution in [3.8, 4) is 0 Å². The number of benzene rings is 1. The van der Waals surface area contributed by atoms with E-state index in [2.05, 4.69) is 46.5 Å². The van der Waals surface area contributed by atoms with E-state index in [0.29, 0.717) is 6.04 Å². The second-order valence-electron chi connectivity index (χ2n) is 4.49. The molecule has 0 saturated carbocycles. The van der Waals surface area contributed by atoms with Gasteiger partial charge in [0.1, 0.15) is 5.84 Å². The molecule has 0 unspecified atom stereocenters. The number of likely N-dealkylation sites (N-methyl/N-ethyl adjacent to an activating group) is 1. The van der Waals surface area contributed by atoms with Crippen LogP contribution in [0.4, 0.5) is 5.69 Å². The zero-order chi connectivity index (χ0) is 11.0. The first-order chi connectivity index (χ1) is 7.86. The third-order valence-electron chi connectivity index (χ3n) is 3.54. The zero-order valence-corrected chi connectivity index (χ0v) is 9.61. The Morgan fingerprint density at radius 2 is 2.25 bits per heavy atom. The lowest BCUT2D eigenvalue weighted by Gasteiger charge is -2.36. The fraction of sp³-hybridized carbons (Fsp3) is 0.462. The van der Waals surface area contributed by atoms with Gasteiger partial charge in [0, 0.05) is 19.3 Å². The van der Waals surface area contributed by atoms with Crippen molar-refractivity contribution in [1.29, 1.82) is 0 Å². The maximum absolute atomic E-state index is 4.55. The number of hydrogen-bond acceptors (Lipinski definition) is 3. The molecule has 1 aromatic carbocycles. The van der Waals surface area contributed by atoms with Crippen molar-refractivity contribution >= 4 is 11.5 Å². The van der Waals surface area contributed by atoms with Gasteiger partial charge in [0.2, 0.25) is 0 Å². The maximum atomic E-state index is 4.55. The molecule has 0 amide bonds. The molecule has 0 saturated heterocycles. The van der Waals surface area contributed by atoms with Crippen LogP contribution in [-0.4, -0.2) is 32.0 Å². The van der Waals surface area contributed by atoms with Gasteiger partial charge in [-0.15, -0.1) is 0 Å². The minimum atomic E-state index is 0.442. The molecule has 16 heavy (non-hydrogen) atoms. The van der Waals surface area contributed by atoms with Gasteiger partial charge in [0.25, 0.3) is 0 Å². The highest BCUT2D eigenvalue weighted by atomic mass is 15.2. The van der Waals surface area contributed by atoms with Crippen LogP contribution in [0.5, 0.6) is 0 Å². The molecular weight excluding hydrogens is 198 g/mol. The Bertz CT molecular complexity index is 425. The van der Waals surface area contributed by atoms with Crippen molar-refractivity contribution < 1.29 is 0 Å². The van der Waals surface area contributed by atoms with Gasteiger partial charge >= 0.3 is 0 Å². The Balaban J connectivity index is 1.91. The van der Waals surface area contributed by atoms with Gasteiger partial charge in [-0.2, -0.15) is 0 Å². The summed E-state index contributed by atoms with van der Waals surface area (Å²) in [6.07, 6.45) is 2.32. The number of amidine groups is 1. The van der Waals surface area contributed by atoms with Crippen LogP contribution in [-0.2, 0) is 6.42 Å². The van der Waals surface area contributed by atoms with E-state index in [4.69, 9.17) is 0 Å². The van der Waals surface area contributed by atoms with E-state index in [0.717, 1.165) is 19.5 Å². The summed E-state index contributed by atoms with van der Waals surface area (Å²) < 4.78 is 0. The van der Waals surface area contributed by atoms with E-state index < -0.39 is 0 Å². The van der Waals surface area contributed by atoms with Gasteiger partial charge in [-0.1, -0.05) is 18.2 Å². The lowest BCUT2D eigenvalue weighted by molar-refractivity contribution is 0.659. The lowest BCUT2D eigenvalue weighted by atomic mass is 9.96. The highest BCUT2D eigenvalue weighted by Crippen LogP contribution is 2.29. The molecule has 3 nitrogen and oxygen atoms in total. The SMILES string of the molecule is CN1c2ccccc2CC[C@H]1C1=NCCN1. The third kappa shape index (κ3) is 1.47. The Hall–Kier alpha value is -1.51. The van der Waals surface area contributed by atoms with E-state index in [1.165, 1.54) is 23.5 Å². The van der Waals surface area contributed by atoms with E-state index in [9.17, 15) is 0 Å². The average molecular weight is 215 g/mol. The Morgan fingerprint density at radius 3 is 3.06 bits per heavy atom. The lowest BCUT2D eigenvalue weighted by Crippen LogP contribution is -2.46. The van der Waals surface area contributed by atoms with Crippen molar-refractivity contribution in [2.45, 2.75) is 18.9 Å². The monoisotopic (exact) mass is 215 g/mol. The largest absolute Gasteiger partial charge is 0.370 e. The van der Waals surface area contributed by atoms with E-state index in [1.807, 2.05) is 0 Å². The standard InChI is InChI=1S/C13H17N3/c1-16-11-5-3-2-4-10(11)6-7-12(16)13-14-8-9-15-13/h2-5,12H,6-9H2,1H3,(H,14,15)/t12-/m0/s1. The summed E-state index contributed by atoms with van der Waals surface area (Å²) in [5.74, 6) is 1.18. The first-order valence-electron chi connectivity index (χ1n) is 5.95. The number of aliphatic imine (C=N–C) groups is 1. The van der Waals surface area contributed by atoms with Crippen LogP contribution in [0, 0.1) is 0 Å². The minimum absolute atomic E-state index is 0.442. The number of fused-ring (bicyclic) bond motifs is 1. The smallest absolute Gasteiger partial charge is 0.119 e.